The molecule has 6 nitrogen and oxygen atoms in total. The standard InChI is InChI=1S/C15H8F2N4O2/c16-8-4-10-11(5-9(8)17)20-15(19-10)21-6-18-12-3-7(14(22)23)1-2-13(12)21/h1-6H,(H,19,20)(H,22,23). The second kappa shape index (κ2) is 4.60. The molecule has 0 radical (unpaired) electrons. The van der Waals surface area contributed by atoms with Crippen LogP contribution in [0.3, 0.4) is 0 Å². The molecule has 0 atom stereocenters. The Labute approximate surface area is 127 Å². The van der Waals surface area contributed by atoms with Crippen molar-refractivity contribution in [3.05, 3.63) is 53.9 Å². The van der Waals surface area contributed by atoms with Crippen molar-refractivity contribution in [2.24, 2.45) is 0 Å². The number of aromatic carboxylic acids is 1. The van der Waals surface area contributed by atoms with Crippen molar-refractivity contribution in [1.29, 1.82) is 0 Å². The first-order chi connectivity index (χ1) is 11.0. The number of carboxylic acid groups (broad SMARTS) is 1. The van der Waals surface area contributed by atoms with Crippen LogP contribution in [0.4, 0.5) is 8.78 Å². The van der Waals surface area contributed by atoms with Gasteiger partial charge in [-0.25, -0.2) is 23.5 Å². The van der Waals surface area contributed by atoms with Crippen molar-refractivity contribution in [2.45, 2.75) is 0 Å². The van der Waals surface area contributed by atoms with Gasteiger partial charge in [0.2, 0.25) is 5.95 Å². The summed E-state index contributed by atoms with van der Waals surface area (Å²) < 4.78 is 28.1. The maximum atomic E-state index is 13.3. The summed E-state index contributed by atoms with van der Waals surface area (Å²) in [6.07, 6.45) is 1.46. The summed E-state index contributed by atoms with van der Waals surface area (Å²) in [7, 11) is 0. The van der Waals surface area contributed by atoms with Crippen LogP contribution in [0.25, 0.3) is 28.0 Å². The highest BCUT2D eigenvalue weighted by Crippen LogP contribution is 2.22. The third-order valence-electron chi connectivity index (χ3n) is 3.53. The van der Waals surface area contributed by atoms with E-state index >= 15 is 0 Å². The van der Waals surface area contributed by atoms with E-state index in [-0.39, 0.29) is 11.1 Å². The second-order valence-electron chi connectivity index (χ2n) is 4.97. The Morgan fingerprint density at radius 2 is 1.91 bits per heavy atom. The van der Waals surface area contributed by atoms with Crippen LogP contribution in [0.5, 0.6) is 0 Å². The number of hydrogen-bond acceptors (Lipinski definition) is 3. The van der Waals surface area contributed by atoms with Crippen molar-refractivity contribution < 1.29 is 18.7 Å². The van der Waals surface area contributed by atoms with Gasteiger partial charge in [0.1, 0.15) is 6.33 Å². The first kappa shape index (κ1) is 13.4. The molecule has 2 aromatic heterocycles. The zero-order chi connectivity index (χ0) is 16.1. The Hall–Kier alpha value is -3.29. The number of halogens is 2. The summed E-state index contributed by atoms with van der Waals surface area (Å²) in [5.41, 5.74) is 1.85. The molecule has 0 amide bonds. The number of nitrogens with one attached hydrogen (secondary N) is 1. The van der Waals surface area contributed by atoms with E-state index in [0.717, 1.165) is 12.1 Å². The Kier molecular flexibility index (Phi) is 2.68. The molecule has 0 aliphatic heterocycles. The second-order valence-corrected chi connectivity index (χ2v) is 4.97. The van der Waals surface area contributed by atoms with E-state index in [0.29, 0.717) is 22.5 Å². The van der Waals surface area contributed by atoms with Crippen LogP contribution in [0.1, 0.15) is 10.4 Å². The predicted octanol–water partition coefficient (Wildman–Crippen LogP) is 2.88. The summed E-state index contributed by atoms with van der Waals surface area (Å²) in [5.74, 6) is -2.65. The lowest BCUT2D eigenvalue weighted by Gasteiger charge is -1.99. The number of H-pyrrole nitrogens is 1. The van der Waals surface area contributed by atoms with Gasteiger partial charge in [-0.05, 0) is 18.2 Å². The van der Waals surface area contributed by atoms with Crippen LogP contribution < -0.4 is 0 Å². The topological polar surface area (TPSA) is 83.8 Å². The lowest BCUT2D eigenvalue weighted by atomic mass is 10.2. The van der Waals surface area contributed by atoms with Gasteiger partial charge >= 0.3 is 5.97 Å². The van der Waals surface area contributed by atoms with Gasteiger partial charge in [0, 0.05) is 12.1 Å². The zero-order valence-corrected chi connectivity index (χ0v) is 11.4. The zero-order valence-electron chi connectivity index (χ0n) is 11.4. The highest BCUT2D eigenvalue weighted by Gasteiger charge is 2.13. The minimum Gasteiger partial charge on any atom is -0.478 e. The number of carboxylic acids is 1. The third kappa shape index (κ3) is 2.03. The molecule has 2 aromatic carbocycles. The fourth-order valence-electron chi connectivity index (χ4n) is 2.42. The maximum Gasteiger partial charge on any atom is 0.335 e. The fraction of sp³-hybridized carbons (Fsp3) is 0. The van der Waals surface area contributed by atoms with E-state index in [1.165, 1.54) is 18.5 Å². The average molecular weight is 314 g/mol. The average Bonchev–Trinajstić information content (AvgIpc) is 3.10. The van der Waals surface area contributed by atoms with Gasteiger partial charge in [-0.3, -0.25) is 4.57 Å². The normalized spacial score (nSPS) is 11.4. The molecule has 8 heteroatoms. The van der Waals surface area contributed by atoms with Crippen LogP contribution in [-0.4, -0.2) is 30.6 Å². The maximum absolute atomic E-state index is 13.3. The number of rotatable bonds is 2. The van der Waals surface area contributed by atoms with Gasteiger partial charge in [-0.1, -0.05) is 0 Å². The lowest BCUT2D eigenvalue weighted by Crippen LogP contribution is -1.97. The molecule has 0 aliphatic rings. The number of hydrogen-bond donors (Lipinski definition) is 2. The third-order valence-corrected chi connectivity index (χ3v) is 3.53. The minimum absolute atomic E-state index is 0.122. The monoisotopic (exact) mass is 314 g/mol. The van der Waals surface area contributed by atoms with Crippen molar-refractivity contribution in [3.63, 3.8) is 0 Å². The van der Waals surface area contributed by atoms with Crippen LogP contribution in [0.15, 0.2) is 36.7 Å². The molecule has 4 aromatic rings. The molecule has 0 bridgehead atoms. The smallest absolute Gasteiger partial charge is 0.335 e. The summed E-state index contributed by atoms with van der Waals surface area (Å²) in [5, 5.41) is 8.99. The van der Waals surface area contributed by atoms with E-state index in [1.807, 2.05) is 0 Å². The van der Waals surface area contributed by atoms with E-state index < -0.39 is 17.6 Å². The molecule has 2 heterocycles. The molecular weight excluding hydrogens is 306 g/mol. The fourth-order valence-corrected chi connectivity index (χ4v) is 2.42. The number of aromatic nitrogens is 4. The molecular formula is C15H8F2N4O2. The number of aromatic amines is 1. The number of benzene rings is 2. The van der Waals surface area contributed by atoms with Crippen LogP contribution in [0.2, 0.25) is 0 Å². The van der Waals surface area contributed by atoms with Crippen molar-refractivity contribution in [1.82, 2.24) is 19.5 Å². The lowest BCUT2D eigenvalue weighted by molar-refractivity contribution is 0.0697. The molecule has 0 saturated heterocycles. The van der Waals surface area contributed by atoms with Gasteiger partial charge in [0.15, 0.2) is 11.6 Å². The predicted molar refractivity (Wildman–Crippen MR) is 77.6 cm³/mol. The van der Waals surface area contributed by atoms with Gasteiger partial charge in [-0.2, -0.15) is 0 Å². The molecule has 0 spiro atoms. The Bertz CT molecular complexity index is 1040. The summed E-state index contributed by atoms with van der Waals surface area (Å²) >= 11 is 0. The molecule has 2 N–H and O–H groups in total. The number of fused-ring (bicyclic) bond motifs is 2. The van der Waals surface area contributed by atoms with Crippen molar-refractivity contribution in [2.75, 3.05) is 0 Å². The number of imidazole rings is 2. The van der Waals surface area contributed by atoms with E-state index in [2.05, 4.69) is 15.0 Å². The van der Waals surface area contributed by atoms with E-state index in [1.54, 1.807) is 10.6 Å². The van der Waals surface area contributed by atoms with Crippen LogP contribution in [0, 0.1) is 11.6 Å². The Morgan fingerprint density at radius 3 is 2.70 bits per heavy atom. The van der Waals surface area contributed by atoms with Crippen molar-refractivity contribution in [3.8, 4) is 5.95 Å². The van der Waals surface area contributed by atoms with Gasteiger partial charge < -0.3 is 10.1 Å². The number of carbonyl (C=O) groups is 1. The van der Waals surface area contributed by atoms with Crippen molar-refractivity contribution >= 4 is 28.0 Å². The molecule has 0 saturated carbocycles. The van der Waals surface area contributed by atoms with Gasteiger partial charge in [-0.15, -0.1) is 0 Å². The van der Waals surface area contributed by atoms with Gasteiger partial charge in [0.25, 0.3) is 0 Å². The molecule has 0 fully saturated rings. The first-order valence-electron chi connectivity index (χ1n) is 6.58. The summed E-state index contributed by atoms with van der Waals surface area (Å²) in [6, 6.07) is 6.52. The largest absolute Gasteiger partial charge is 0.478 e. The van der Waals surface area contributed by atoms with E-state index in [9.17, 15) is 13.6 Å². The molecule has 0 aliphatic carbocycles. The van der Waals surface area contributed by atoms with Gasteiger partial charge in [0.05, 0.1) is 27.6 Å². The van der Waals surface area contributed by atoms with Crippen LogP contribution >= 0.6 is 0 Å². The highest BCUT2D eigenvalue weighted by atomic mass is 19.2. The molecule has 114 valence electrons. The Morgan fingerprint density at radius 1 is 1.13 bits per heavy atom. The SMILES string of the molecule is O=C(O)c1ccc2c(c1)ncn2-c1nc2cc(F)c(F)cc2[nH]1. The first-order valence-corrected chi connectivity index (χ1v) is 6.58. The summed E-state index contributed by atoms with van der Waals surface area (Å²) in [6.45, 7) is 0. The highest BCUT2D eigenvalue weighted by molar-refractivity contribution is 5.92. The number of nitrogens with zero attached hydrogens (tertiary/aromatic N) is 3. The minimum atomic E-state index is -1.05. The molecule has 23 heavy (non-hydrogen) atoms. The molecule has 0 unspecified atom stereocenters. The molecule has 4 rings (SSSR count). The Balaban J connectivity index is 1.90. The van der Waals surface area contributed by atoms with E-state index in [4.69, 9.17) is 5.11 Å². The summed E-state index contributed by atoms with van der Waals surface area (Å²) in [4.78, 5) is 22.2. The van der Waals surface area contributed by atoms with Crippen LogP contribution in [-0.2, 0) is 0 Å². The quantitative estimate of drug-likeness (QED) is 0.596.